The summed E-state index contributed by atoms with van der Waals surface area (Å²) in [5, 5.41) is 0. The normalized spacial score (nSPS) is 51.0. The van der Waals surface area contributed by atoms with Crippen molar-refractivity contribution in [2.24, 2.45) is 58.7 Å². The molecule has 10 unspecified atom stereocenters. The fourth-order valence-corrected chi connectivity index (χ4v) is 9.04. The molecule has 28 heavy (non-hydrogen) atoms. The van der Waals surface area contributed by atoms with Crippen LogP contribution in [0.25, 0.3) is 0 Å². The predicted octanol–water partition coefficient (Wildman–Crippen LogP) is 5.67. The van der Waals surface area contributed by atoms with Crippen LogP contribution in [0.5, 0.6) is 0 Å². The van der Waals surface area contributed by atoms with Crippen molar-refractivity contribution in [2.45, 2.75) is 78.6 Å². The number of hydrogen-bond donors (Lipinski definition) is 0. The van der Waals surface area contributed by atoms with E-state index in [1.165, 1.54) is 51.4 Å². The van der Waals surface area contributed by atoms with Crippen LogP contribution in [0.4, 0.5) is 0 Å². The molecular weight excluding hydrogens is 348 g/mol. The molecule has 0 N–H and O–H groups in total. The summed E-state index contributed by atoms with van der Waals surface area (Å²) in [4.78, 5) is 12.9. The Morgan fingerprint density at radius 3 is 2.46 bits per heavy atom. The lowest BCUT2D eigenvalue weighted by Gasteiger charge is -2.35. The largest absolute Gasteiger partial charge is 0.438 e. The van der Waals surface area contributed by atoms with Crippen LogP contribution >= 0.6 is 0 Å². The zero-order valence-electron chi connectivity index (χ0n) is 18.2. The molecule has 0 amide bonds. The van der Waals surface area contributed by atoms with Crippen molar-refractivity contribution in [1.82, 2.24) is 0 Å². The van der Waals surface area contributed by atoms with E-state index >= 15 is 0 Å². The molecule has 0 radical (unpaired) electrons. The Balaban J connectivity index is 1.12. The quantitative estimate of drug-likeness (QED) is 0.320. The number of carbonyl (C=O) groups excluding carboxylic acids is 1. The Morgan fingerprint density at radius 1 is 1.00 bits per heavy atom. The minimum atomic E-state index is 0.0406. The van der Waals surface area contributed by atoms with E-state index in [9.17, 15) is 4.79 Å². The summed E-state index contributed by atoms with van der Waals surface area (Å²) in [7, 11) is 0. The van der Waals surface area contributed by atoms with Crippen molar-refractivity contribution in [2.75, 3.05) is 13.4 Å². The molecule has 0 aromatic carbocycles. The first-order valence-corrected chi connectivity index (χ1v) is 12.3. The number of hydrogen-bond acceptors (Lipinski definition) is 3. The summed E-state index contributed by atoms with van der Waals surface area (Å²) in [5.41, 5.74) is 0.322. The molecule has 5 fully saturated rings. The highest BCUT2D eigenvalue weighted by molar-refractivity contribution is 5.73. The summed E-state index contributed by atoms with van der Waals surface area (Å²) in [5.74, 6) is 6.76. The number of fused-ring (bicyclic) bond motifs is 7. The SMILES string of the molecule is CCC1CC(CC)C2C3CC(CC3C(=O)OCOCC3(C)CC4CCC3C4)C12. The average molecular weight is 389 g/mol. The summed E-state index contributed by atoms with van der Waals surface area (Å²) in [6, 6.07) is 0. The summed E-state index contributed by atoms with van der Waals surface area (Å²) in [6.45, 7) is 8.03. The smallest absolute Gasteiger partial charge is 0.311 e. The molecule has 5 aliphatic rings. The monoisotopic (exact) mass is 388 g/mol. The van der Waals surface area contributed by atoms with Crippen LogP contribution < -0.4 is 0 Å². The summed E-state index contributed by atoms with van der Waals surface area (Å²) in [6.07, 6.45) is 11.9. The first kappa shape index (κ1) is 19.4. The number of carbonyl (C=O) groups is 1. The second-order valence-electron chi connectivity index (χ2n) is 11.4. The molecule has 4 bridgehead atoms. The lowest BCUT2D eigenvalue weighted by Crippen LogP contribution is -2.35. The fourth-order valence-electron chi connectivity index (χ4n) is 9.04. The lowest BCUT2D eigenvalue weighted by molar-refractivity contribution is -0.168. The Morgan fingerprint density at radius 2 is 1.79 bits per heavy atom. The molecule has 0 aromatic rings. The minimum Gasteiger partial charge on any atom is -0.438 e. The molecule has 0 aliphatic heterocycles. The first-order valence-electron chi connectivity index (χ1n) is 12.3. The van der Waals surface area contributed by atoms with Gasteiger partial charge in [-0.25, -0.2) is 0 Å². The second-order valence-corrected chi connectivity index (χ2v) is 11.4. The van der Waals surface area contributed by atoms with Crippen LogP contribution in [0.2, 0.25) is 0 Å². The van der Waals surface area contributed by atoms with E-state index < -0.39 is 0 Å². The standard InChI is InChI=1S/C25H40O3/c1-4-16-9-17(5-2)23-20-10-18(22(16)23)11-21(20)24(26)28-14-27-13-25(3)12-15-6-7-19(25)8-15/h15-23H,4-14H2,1-3H3. The van der Waals surface area contributed by atoms with E-state index in [1.807, 2.05) is 0 Å². The van der Waals surface area contributed by atoms with Gasteiger partial charge in [0.15, 0.2) is 6.79 Å². The highest BCUT2D eigenvalue weighted by Gasteiger charge is 2.61. The van der Waals surface area contributed by atoms with Crippen molar-refractivity contribution < 1.29 is 14.3 Å². The molecule has 0 heterocycles. The van der Waals surface area contributed by atoms with E-state index in [-0.39, 0.29) is 18.7 Å². The van der Waals surface area contributed by atoms with Gasteiger partial charge in [0.1, 0.15) is 0 Å². The van der Waals surface area contributed by atoms with Crippen molar-refractivity contribution in [3.8, 4) is 0 Å². The first-order chi connectivity index (χ1) is 13.5. The molecule has 3 nitrogen and oxygen atoms in total. The van der Waals surface area contributed by atoms with E-state index in [0.717, 1.165) is 54.5 Å². The van der Waals surface area contributed by atoms with Gasteiger partial charge < -0.3 is 9.47 Å². The fraction of sp³-hybridized carbons (Fsp3) is 0.960. The van der Waals surface area contributed by atoms with Gasteiger partial charge in [-0.15, -0.1) is 0 Å². The molecular formula is C25H40O3. The highest BCUT2D eigenvalue weighted by atomic mass is 16.7. The summed E-state index contributed by atoms with van der Waals surface area (Å²) < 4.78 is 11.6. The lowest BCUT2D eigenvalue weighted by atomic mass is 9.70. The third-order valence-corrected chi connectivity index (χ3v) is 10.2. The van der Waals surface area contributed by atoms with Gasteiger partial charge in [0.05, 0.1) is 12.5 Å². The van der Waals surface area contributed by atoms with E-state index in [0.29, 0.717) is 11.3 Å². The third-order valence-electron chi connectivity index (χ3n) is 10.2. The van der Waals surface area contributed by atoms with E-state index in [1.54, 1.807) is 0 Å². The Kier molecular flexibility index (Phi) is 5.05. The molecule has 10 atom stereocenters. The maximum Gasteiger partial charge on any atom is 0.311 e. The van der Waals surface area contributed by atoms with Gasteiger partial charge in [0, 0.05) is 0 Å². The van der Waals surface area contributed by atoms with Gasteiger partial charge >= 0.3 is 5.97 Å². The molecule has 0 aromatic heterocycles. The predicted molar refractivity (Wildman–Crippen MR) is 109 cm³/mol. The average Bonchev–Trinajstić information content (AvgIpc) is 3.48. The van der Waals surface area contributed by atoms with Gasteiger partial charge in [-0.3, -0.25) is 4.79 Å². The molecule has 5 aliphatic carbocycles. The third kappa shape index (κ3) is 2.97. The Labute approximate surface area is 171 Å². The van der Waals surface area contributed by atoms with E-state index in [4.69, 9.17) is 9.47 Å². The maximum atomic E-state index is 12.9. The van der Waals surface area contributed by atoms with Gasteiger partial charge in [0.25, 0.3) is 0 Å². The zero-order chi connectivity index (χ0) is 19.5. The van der Waals surface area contributed by atoms with Gasteiger partial charge in [-0.2, -0.15) is 0 Å². The van der Waals surface area contributed by atoms with Crippen molar-refractivity contribution in [3.63, 3.8) is 0 Å². The molecule has 158 valence electrons. The van der Waals surface area contributed by atoms with Gasteiger partial charge in [-0.1, -0.05) is 40.0 Å². The van der Waals surface area contributed by atoms with Crippen molar-refractivity contribution in [3.05, 3.63) is 0 Å². The molecule has 0 saturated heterocycles. The molecule has 5 rings (SSSR count). The molecule has 3 heteroatoms. The zero-order valence-corrected chi connectivity index (χ0v) is 18.2. The maximum absolute atomic E-state index is 12.9. The van der Waals surface area contributed by atoms with Crippen molar-refractivity contribution in [1.29, 1.82) is 0 Å². The topological polar surface area (TPSA) is 35.5 Å². The minimum absolute atomic E-state index is 0.0406. The van der Waals surface area contributed by atoms with Gasteiger partial charge in [-0.05, 0) is 91.3 Å². The molecule has 0 spiro atoms. The van der Waals surface area contributed by atoms with E-state index in [2.05, 4.69) is 20.8 Å². The van der Waals surface area contributed by atoms with Crippen LogP contribution in [0.15, 0.2) is 0 Å². The Hall–Kier alpha value is -0.570. The highest BCUT2D eigenvalue weighted by Crippen LogP contribution is 2.65. The van der Waals surface area contributed by atoms with Gasteiger partial charge in [0.2, 0.25) is 0 Å². The van der Waals surface area contributed by atoms with Crippen LogP contribution in [-0.2, 0) is 14.3 Å². The summed E-state index contributed by atoms with van der Waals surface area (Å²) >= 11 is 0. The van der Waals surface area contributed by atoms with Crippen LogP contribution in [0.3, 0.4) is 0 Å². The van der Waals surface area contributed by atoms with Crippen LogP contribution in [-0.4, -0.2) is 19.4 Å². The van der Waals surface area contributed by atoms with Crippen LogP contribution in [0, 0.1) is 58.7 Å². The number of ether oxygens (including phenoxy) is 2. The number of rotatable bonds is 7. The van der Waals surface area contributed by atoms with Crippen molar-refractivity contribution >= 4 is 5.97 Å². The Bertz CT molecular complexity index is 603. The van der Waals surface area contributed by atoms with Crippen LogP contribution in [0.1, 0.15) is 78.6 Å². The number of esters is 1. The second kappa shape index (κ2) is 7.29. The molecule has 5 saturated carbocycles.